The van der Waals surface area contributed by atoms with Crippen molar-refractivity contribution >= 4 is 5.91 Å². The lowest BCUT2D eigenvalue weighted by atomic mass is 9.91. The topological polar surface area (TPSA) is 84.4 Å². The van der Waals surface area contributed by atoms with Crippen molar-refractivity contribution in [2.24, 2.45) is 11.6 Å². The van der Waals surface area contributed by atoms with Gasteiger partial charge in [0.05, 0.1) is 0 Å². The SMILES string of the molecule is N[C@H]1CCCC[C@H]1NC(=O)C1CCCN1N. The zero-order chi connectivity index (χ0) is 11.5. The maximum atomic E-state index is 12.0. The van der Waals surface area contributed by atoms with Gasteiger partial charge in [0.25, 0.3) is 0 Å². The van der Waals surface area contributed by atoms with Gasteiger partial charge in [-0.3, -0.25) is 10.6 Å². The Balaban J connectivity index is 1.86. The fourth-order valence-electron chi connectivity index (χ4n) is 2.69. The molecular formula is C11H22N4O. The smallest absolute Gasteiger partial charge is 0.239 e. The molecule has 1 amide bonds. The third-order valence-corrected chi connectivity index (χ3v) is 3.74. The molecule has 2 aliphatic rings. The molecule has 5 N–H and O–H groups in total. The van der Waals surface area contributed by atoms with Gasteiger partial charge in [-0.2, -0.15) is 0 Å². The van der Waals surface area contributed by atoms with Crippen molar-refractivity contribution in [2.75, 3.05) is 6.54 Å². The molecule has 5 nitrogen and oxygen atoms in total. The Labute approximate surface area is 96.5 Å². The Kier molecular flexibility index (Phi) is 3.78. The molecule has 1 saturated heterocycles. The van der Waals surface area contributed by atoms with E-state index >= 15 is 0 Å². The summed E-state index contributed by atoms with van der Waals surface area (Å²) < 4.78 is 0. The maximum Gasteiger partial charge on any atom is 0.239 e. The van der Waals surface area contributed by atoms with Gasteiger partial charge in [-0.15, -0.1) is 0 Å². The van der Waals surface area contributed by atoms with Crippen LogP contribution in [0.1, 0.15) is 38.5 Å². The van der Waals surface area contributed by atoms with Crippen molar-refractivity contribution in [3.63, 3.8) is 0 Å². The molecule has 0 bridgehead atoms. The minimum Gasteiger partial charge on any atom is -0.350 e. The average molecular weight is 226 g/mol. The number of carbonyl (C=O) groups excluding carboxylic acids is 1. The van der Waals surface area contributed by atoms with E-state index in [1.165, 1.54) is 6.42 Å². The minimum absolute atomic E-state index is 0.0577. The van der Waals surface area contributed by atoms with Gasteiger partial charge < -0.3 is 11.1 Å². The molecule has 0 aromatic rings. The molecule has 1 heterocycles. The van der Waals surface area contributed by atoms with Crippen LogP contribution in [0.2, 0.25) is 0 Å². The van der Waals surface area contributed by atoms with Gasteiger partial charge >= 0.3 is 0 Å². The minimum atomic E-state index is -0.144. The highest BCUT2D eigenvalue weighted by atomic mass is 16.2. The quantitative estimate of drug-likeness (QED) is 0.565. The molecule has 2 rings (SSSR count). The van der Waals surface area contributed by atoms with Gasteiger partial charge in [-0.25, -0.2) is 5.01 Å². The van der Waals surface area contributed by atoms with Crippen molar-refractivity contribution in [1.82, 2.24) is 10.3 Å². The normalized spacial score (nSPS) is 36.2. The molecule has 16 heavy (non-hydrogen) atoms. The van der Waals surface area contributed by atoms with Crippen LogP contribution in [0.3, 0.4) is 0 Å². The summed E-state index contributed by atoms with van der Waals surface area (Å²) in [5.74, 6) is 5.82. The van der Waals surface area contributed by atoms with Gasteiger partial charge in [0.1, 0.15) is 6.04 Å². The highest BCUT2D eigenvalue weighted by Gasteiger charge is 2.31. The first-order valence-corrected chi connectivity index (χ1v) is 6.26. The zero-order valence-corrected chi connectivity index (χ0v) is 9.69. The van der Waals surface area contributed by atoms with Crippen molar-refractivity contribution < 1.29 is 4.79 Å². The van der Waals surface area contributed by atoms with Crippen LogP contribution in [-0.2, 0) is 4.79 Å². The van der Waals surface area contributed by atoms with Crippen LogP contribution in [0.4, 0.5) is 0 Å². The summed E-state index contributed by atoms with van der Waals surface area (Å²) in [5, 5.41) is 4.70. The summed E-state index contributed by atoms with van der Waals surface area (Å²) in [5.41, 5.74) is 6.00. The standard InChI is InChI=1S/C11H22N4O/c12-8-4-1-2-5-9(8)14-11(16)10-6-3-7-15(10)13/h8-10H,1-7,12-13H2,(H,14,16)/t8-,9+,10?/m0/s1. The second kappa shape index (κ2) is 5.12. The van der Waals surface area contributed by atoms with E-state index in [9.17, 15) is 4.79 Å². The third kappa shape index (κ3) is 2.53. The molecule has 3 atom stereocenters. The highest BCUT2D eigenvalue weighted by Crippen LogP contribution is 2.18. The van der Waals surface area contributed by atoms with Crippen LogP contribution in [0.25, 0.3) is 0 Å². The molecule has 5 heteroatoms. The molecule has 0 aromatic heterocycles. The van der Waals surface area contributed by atoms with Crippen LogP contribution in [0.15, 0.2) is 0 Å². The van der Waals surface area contributed by atoms with E-state index in [0.29, 0.717) is 0 Å². The van der Waals surface area contributed by atoms with Crippen LogP contribution in [-0.4, -0.2) is 35.6 Å². The predicted molar refractivity (Wildman–Crippen MR) is 62.3 cm³/mol. The third-order valence-electron chi connectivity index (χ3n) is 3.74. The zero-order valence-electron chi connectivity index (χ0n) is 9.69. The second-order valence-corrected chi connectivity index (χ2v) is 4.96. The lowest BCUT2D eigenvalue weighted by Crippen LogP contribution is -2.54. The monoisotopic (exact) mass is 226 g/mol. The first-order chi connectivity index (χ1) is 7.68. The molecule has 0 radical (unpaired) electrons. The van der Waals surface area contributed by atoms with E-state index < -0.39 is 0 Å². The second-order valence-electron chi connectivity index (χ2n) is 4.96. The predicted octanol–water partition coefficient (Wildman–Crippen LogP) is -0.289. The Morgan fingerprint density at radius 3 is 2.56 bits per heavy atom. The van der Waals surface area contributed by atoms with Gasteiger partial charge in [0.2, 0.25) is 5.91 Å². The molecular weight excluding hydrogens is 204 g/mol. The number of nitrogens with one attached hydrogen (secondary N) is 1. The van der Waals surface area contributed by atoms with Crippen molar-refractivity contribution in [3.8, 4) is 0 Å². The van der Waals surface area contributed by atoms with Crippen molar-refractivity contribution in [2.45, 2.75) is 56.7 Å². The molecule has 92 valence electrons. The summed E-state index contributed by atoms with van der Waals surface area (Å²) in [6, 6.07) is 0.120. The highest BCUT2D eigenvalue weighted by molar-refractivity contribution is 5.82. The number of hydrogen-bond acceptors (Lipinski definition) is 4. The van der Waals surface area contributed by atoms with Crippen LogP contribution in [0, 0.1) is 0 Å². The number of nitrogens with two attached hydrogens (primary N) is 2. The first kappa shape index (κ1) is 11.8. The Hall–Kier alpha value is -0.650. The number of hydrogen-bond donors (Lipinski definition) is 3. The Morgan fingerprint density at radius 2 is 1.94 bits per heavy atom. The number of rotatable bonds is 2. The molecule has 0 spiro atoms. The molecule has 1 aliphatic carbocycles. The Bertz CT molecular complexity index is 258. The Morgan fingerprint density at radius 1 is 1.19 bits per heavy atom. The van der Waals surface area contributed by atoms with Gasteiger partial charge in [-0.1, -0.05) is 12.8 Å². The fourth-order valence-corrected chi connectivity index (χ4v) is 2.69. The summed E-state index contributed by atoms with van der Waals surface area (Å²) in [4.78, 5) is 12.0. The molecule has 1 aliphatic heterocycles. The fraction of sp³-hybridized carbons (Fsp3) is 0.909. The summed E-state index contributed by atoms with van der Waals surface area (Å²) in [7, 11) is 0. The van der Waals surface area contributed by atoms with Crippen molar-refractivity contribution in [1.29, 1.82) is 0 Å². The maximum absolute atomic E-state index is 12.0. The van der Waals surface area contributed by atoms with E-state index in [4.69, 9.17) is 11.6 Å². The van der Waals surface area contributed by atoms with E-state index in [0.717, 1.165) is 38.6 Å². The largest absolute Gasteiger partial charge is 0.350 e. The summed E-state index contributed by atoms with van der Waals surface area (Å²) in [6.07, 6.45) is 6.23. The van der Waals surface area contributed by atoms with Crippen molar-refractivity contribution in [3.05, 3.63) is 0 Å². The number of nitrogens with zero attached hydrogens (tertiary/aromatic N) is 1. The van der Waals surface area contributed by atoms with E-state index in [2.05, 4.69) is 5.32 Å². The lowest BCUT2D eigenvalue weighted by Gasteiger charge is -2.31. The number of hydrazine groups is 1. The van der Waals surface area contributed by atoms with E-state index in [1.807, 2.05) is 0 Å². The van der Waals surface area contributed by atoms with Gasteiger partial charge in [-0.05, 0) is 25.7 Å². The van der Waals surface area contributed by atoms with Gasteiger partial charge in [0.15, 0.2) is 0 Å². The summed E-state index contributed by atoms with van der Waals surface area (Å²) in [6.45, 7) is 0.814. The molecule has 1 saturated carbocycles. The average Bonchev–Trinajstić information content (AvgIpc) is 2.68. The lowest BCUT2D eigenvalue weighted by molar-refractivity contribution is -0.126. The van der Waals surface area contributed by atoms with E-state index in [1.54, 1.807) is 5.01 Å². The molecule has 1 unspecified atom stereocenters. The first-order valence-electron chi connectivity index (χ1n) is 6.26. The van der Waals surface area contributed by atoms with E-state index in [-0.39, 0.29) is 24.0 Å². The molecule has 2 fully saturated rings. The van der Waals surface area contributed by atoms with Crippen LogP contribution in [0.5, 0.6) is 0 Å². The number of amides is 1. The van der Waals surface area contributed by atoms with Crippen LogP contribution >= 0.6 is 0 Å². The summed E-state index contributed by atoms with van der Waals surface area (Å²) >= 11 is 0. The van der Waals surface area contributed by atoms with Crippen LogP contribution < -0.4 is 16.9 Å². The number of carbonyl (C=O) groups is 1. The molecule has 0 aromatic carbocycles. The van der Waals surface area contributed by atoms with Gasteiger partial charge in [0, 0.05) is 18.6 Å².